The molecule has 0 unspecified atom stereocenters. The Morgan fingerprint density at radius 2 is 2.22 bits per heavy atom. The molecular weight excluding hydrogens is 272 g/mol. The number of hydrogen-bond donors (Lipinski definition) is 0. The lowest BCUT2D eigenvalue weighted by Gasteiger charge is -2.05. The number of fused-ring (bicyclic) bond motifs is 1. The molecule has 0 aliphatic heterocycles. The zero-order valence-corrected chi connectivity index (χ0v) is 11.3. The van der Waals surface area contributed by atoms with Gasteiger partial charge >= 0.3 is 0 Å². The molecule has 0 saturated carbocycles. The first-order valence-corrected chi connectivity index (χ1v) is 6.48. The van der Waals surface area contributed by atoms with Crippen molar-refractivity contribution in [3.63, 3.8) is 0 Å². The van der Waals surface area contributed by atoms with E-state index in [0.717, 1.165) is 15.9 Å². The second kappa shape index (κ2) is 4.22. The average Bonchev–Trinajstić information content (AvgIpc) is 2.86. The number of rotatable bonds is 2. The van der Waals surface area contributed by atoms with E-state index in [4.69, 9.17) is 16.3 Å². The molecule has 3 aromatic rings. The summed E-state index contributed by atoms with van der Waals surface area (Å²) < 4.78 is 7.41. The van der Waals surface area contributed by atoms with Crippen LogP contribution in [-0.2, 0) is 7.05 Å². The first-order chi connectivity index (χ1) is 8.63. The summed E-state index contributed by atoms with van der Waals surface area (Å²) in [5, 5.41) is 7.17. The molecule has 0 N–H and O–H groups in total. The van der Waals surface area contributed by atoms with E-state index < -0.39 is 0 Å². The molecule has 7 heteroatoms. The lowest BCUT2D eigenvalue weighted by molar-refractivity contribution is 0.420. The topological polar surface area (TPSA) is 52.8 Å². The van der Waals surface area contributed by atoms with E-state index in [9.17, 15) is 0 Å². The summed E-state index contributed by atoms with van der Waals surface area (Å²) in [4.78, 5) is 9.06. The zero-order valence-electron chi connectivity index (χ0n) is 9.72. The Balaban J connectivity index is 2.09. The summed E-state index contributed by atoms with van der Waals surface area (Å²) in [6.45, 7) is 1.90. The van der Waals surface area contributed by atoms with Crippen LogP contribution in [0.15, 0.2) is 17.5 Å². The Labute approximate surface area is 112 Å². The van der Waals surface area contributed by atoms with Crippen LogP contribution in [0.4, 0.5) is 0 Å². The molecule has 0 aliphatic rings. The zero-order chi connectivity index (χ0) is 12.7. The van der Waals surface area contributed by atoms with Crippen molar-refractivity contribution in [3.05, 3.63) is 28.5 Å². The van der Waals surface area contributed by atoms with Crippen molar-refractivity contribution in [1.29, 1.82) is 0 Å². The van der Waals surface area contributed by atoms with E-state index in [0.29, 0.717) is 11.8 Å². The maximum absolute atomic E-state index is 5.87. The molecule has 3 rings (SSSR count). The molecule has 0 bridgehead atoms. The van der Waals surface area contributed by atoms with Gasteiger partial charge in [-0.1, -0.05) is 0 Å². The van der Waals surface area contributed by atoms with Gasteiger partial charge in [-0.15, -0.1) is 11.3 Å². The van der Waals surface area contributed by atoms with Gasteiger partial charge < -0.3 is 4.74 Å². The van der Waals surface area contributed by atoms with Crippen LogP contribution in [-0.4, -0.2) is 19.7 Å². The molecule has 92 valence electrons. The lowest BCUT2D eigenvalue weighted by atomic mass is 10.4. The molecule has 3 heterocycles. The summed E-state index contributed by atoms with van der Waals surface area (Å²) in [5.74, 6) is 1.07. The highest BCUT2D eigenvalue weighted by molar-refractivity contribution is 7.16. The van der Waals surface area contributed by atoms with Crippen LogP contribution in [0.3, 0.4) is 0 Å². The van der Waals surface area contributed by atoms with E-state index in [1.807, 2.05) is 31.5 Å². The van der Waals surface area contributed by atoms with Crippen LogP contribution in [0.1, 0.15) is 5.69 Å². The minimum Gasteiger partial charge on any atom is -0.420 e. The fourth-order valence-electron chi connectivity index (χ4n) is 1.66. The van der Waals surface area contributed by atoms with E-state index in [-0.39, 0.29) is 5.28 Å². The number of ether oxygens (including phenoxy) is 1. The number of halogens is 1. The van der Waals surface area contributed by atoms with Crippen molar-refractivity contribution in [1.82, 2.24) is 19.7 Å². The third-order valence-corrected chi connectivity index (χ3v) is 3.40. The lowest BCUT2D eigenvalue weighted by Crippen LogP contribution is -1.97. The van der Waals surface area contributed by atoms with E-state index in [1.54, 1.807) is 4.68 Å². The standard InChI is InChI=1S/C11H9ClN4OS/c1-6-5-8(16(2)15-6)17-9-7-3-4-18-10(7)14-11(12)13-9/h3-5H,1-2H3. The van der Waals surface area contributed by atoms with Gasteiger partial charge in [-0.05, 0) is 30.0 Å². The molecule has 0 atom stereocenters. The van der Waals surface area contributed by atoms with Crippen molar-refractivity contribution in [2.24, 2.45) is 7.05 Å². The molecule has 0 fully saturated rings. The van der Waals surface area contributed by atoms with Crippen LogP contribution in [0, 0.1) is 6.92 Å². The Hall–Kier alpha value is -1.66. The van der Waals surface area contributed by atoms with Crippen LogP contribution < -0.4 is 4.74 Å². The van der Waals surface area contributed by atoms with Crippen LogP contribution in [0.5, 0.6) is 11.8 Å². The third kappa shape index (κ3) is 1.93. The third-order valence-electron chi connectivity index (χ3n) is 2.42. The van der Waals surface area contributed by atoms with Crippen LogP contribution in [0.25, 0.3) is 10.2 Å². The predicted octanol–water partition coefficient (Wildman–Crippen LogP) is 3.18. The second-order valence-corrected chi connectivity index (χ2v) is 5.02. The minimum absolute atomic E-state index is 0.179. The smallest absolute Gasteiger partial charge is 0.234 e. The normalized spacial score (nSPS) is 11.1. The first-order valence-electron chi connectivity index (χ1n) is 5.23. The van der Waals surface area contributed by atoms with E-state index in [1.165, 1.54) is 11.3 Å². The highest BCUT2D eigenvalue weighted by Gasteiger charge is 2.12. The van der Waals surface area contributed by atoms with Crippen molar-refractivity contribution in [3.8, 4) is 11.8 Å². The molecule has 0 radical (unpaired) electrons. The molecular formula is C11H9ClN4OS. The molecule has 5 nitrogen and oxygen atoms in total. The summed E-state index contributed by atoms with van der Waals surface area (Å²) in [6.07, 6.45) is 0. The Morgan fingerprint density at radius 1 is 1.39 bits per heavy atom. The van der Waals surface area contributed by atoms with E-state index >= 15 is 0 Å². The Morgan fingerprint density at radius 3 is 2.94 bits per heavy atom. The van der Waals surface area contributed by atoms with Crippen molar-refractivity contribution in [2.45, 2.75) is 6.92 Å². The highest BCUT2D eigenvalue weighted by Crippen LogP contribution is 2.31. The van der Waals surface area contributed by atoms with Crippen molar-refractivity contribution >= 4 is 33.2 Å². The highest BCUT2D eigenvalue weighted by atomic mass is 35.5. The van der Waals surface area contributed by atoms with Crippen molar-refractivity contribution in [2.75, 3.05) is 0 Å². The van der Waals surface area contributed by atoms with E-state index in [2.05, 4.69) is 15.1 Å². The van der Waals surface area contributed by atoms with Gasteiger partial charge in [0.15, 0.2) is 0 Å². The monoisotopic (exact) mass is 280 g/mol. The maximum atomic E-state index is 5.87. The molecule has 3 aromatic heterocycles. The quantitative estimate of drug-likeness (QED) is 0.677. The molecule has 18 heavy (non-hydrogen) atoms. The van der Waals surface area contributed by atoms with Gasteiger partial charge in [0.25, 0.3) is 0 Å². The Bertz CT molecular complexity index is 721. The summed E-state index contributed by atoms with van der Waals surface area (Å²) in [5.41, 5.74) is 0.884. The summed E-state index contributed by atoms with van der Waals surface area (Å²) >= 11 is 7.37. The second-order valence-electron chi connectivity index (χ2n) is 3.79. The molecule has 0 spiro atoms. The van der Waals surface area contributed by atoms with Gasteiger partial charge in [-0.2, -0.15) is 10.1 Å². The number of nitrogens with zero attached hydrogens (tertiary/aromatic N) is 4. The predicted molar refractivity (Wildman–Crippen MR) is 70.4 cm³/mol. The van der Waals surface area contributed by atoms with Gasteiger partial charge in [0, 0.05) is 13.1 Å². The van der Waals surface area contributed by atoms with Gasteiger partial charge in [-0.25, -0.2) is 9.67 Å². The molecule has 0 aromatic carbocycles. The summed E-state index contributed by atoms with van der Waals surface area (Å²) in [7, 11) is 1.82. The fraction of sp³-hybridized carbons (Fsp3) is 0.182. The largest absolute Gasteiger partial charge is 0.420 e. The number of aromatic nitrogens is 4. The number of hydrogen-bond acceptors (Lipinski definition) is 5. The van der Waals surface area contributed by atoms with Crippen molar-refractivity contribution < 1.29 is 4.74 Å². The summed E-state index contributed by atoms with van der Waals surface area (Å²) in [6, 6.07) is 3.75. The SMILES string of the molecule is Cc1cc(Oc2nc(Cl)nc3sccc23)n(C)n1. The Kier molecular flexibility index (Phi) is 2.68. The molecule has 0 aliphatic carbocycles. The number of aryl methyl sites for hydroxylation is 2. The first kappa shape index (κ1) is 11.4. The fourth-order valence-corrected chi connectivity index (χ4v) is 2.63. The van der Waals surface area contributed by atoms with Gasteiger partial charge in [0.2, 0.25) is 17.0 Å². The van der Waals surface area contributed by atoms with Gasteiger partial charge in [0.05, 0.1) is 11.1 Å². The number of thiophene rings is 1. The van der Waals surface area contributed by atoms with Crippen LogP contribution >= 0.6 is 22.9 Å². The van der Waals surface area contributed by atoms with Gasteiger partial charge in [-0.3, -0.25) is 0 Å². The molecule has 0 amide bonds. The minimum atomic E-state index is 0.179. The average molecular weight is 281 g/mol. The van der Waals surface area contributed by atoms with Gasteiger partial charge in [0.1, 0.15) is 4.83 Å². The molecule has 0 saturated heterocycles. The maximum Gasteiger partial charge on any atom is 0.234 e. The van der Waals surface area contributed by atoms with Crippen LogP contribution in [0.2, 0.25) is 5.28 Å².